The first-order valence-corrected chi connectivity index (χ1v) is 10.4. The number of anilines is 3. The lowest BCUT2D eigenvalue weighted by Gasteiger charge is -2.40. The number of fused-ring (bicyclic) bond motifs is 1. The highest BCUT2D eigenvalue weighted by atomic mass is 35.5. The fraction of sp³-hybridized carbons (Fsp3) is 0.409. The maximum atomic E-state index is 13.4. The minimum atomic E-state index is -0.343. The molecule has 30 heavy (non-hydrogen) atoms. The molecule has 0 fully saturated rings. The molecule has 7 nitrogen and oxygen atoms in total. The number of hydrogen-bond donors (Lipinski definition) is 2. The Balaban J connectivity index is 2.04. The van der Waals surface area contributed by atoms with Gasteiger partial charge in [0.15, 0.2) is 0 Å². The van der Waals surface area contributed by atoms with Crippen LogP contribution in [0, 0.1) is 5.92 Å². The van der Waals surface area contributed by atoms with Crippen molar-refractivity contribution in [1.29, 1.82) is 0 Å². The summed E-state index contributed by atoms with van der Waals surface area (Å²) in [5, 5.41) is 6.29. The molecule has 0 bridgehead atoms. The zero-order valence-corrected chi connectivity index (χ0v) is 18.7. The highest BCUT2D eigenvalue weighted by Gasteiger charge is 2.36. The third-order valence-electron chi connectivity index (χ3n) is 5.55. The van der Waals surface area contributed by atoms with E-state index in [1.54, 1.807) is 37.1 Å². The number of halogens is 1. The van der Waals surface area contributed by atoms with E-state index in [1.165, 1.54) is 0 Å². The third-order valence-corrected chi connectivity index (χ3v) is 5.78. The van der Waals surface area contributed by atoms with Crippen LogP contribution in [-0.4, -0.2) is 41.0 Å². The first kappa shape index (κ1) is 22.1. The molecule has 0 spiro atoms. The van der Waals surface area contributed by atoms with Crippen LogP contribution < -0.4 is 15.5 Å². The van der Waals surface area contributed by atoms with Gasteiger partial charge in [0, 0.05) is 11.1 Å². The van der Waals surface area contributed by atoms with Crippen LogP contribution in [0.2, 0.25) is 5.02 Å². The van der Waals surface area contributed by atoms with Crippen molar-refractivity contribution in [2.45, 2.75) is 46.3 Å². The van der Waals surface area contributed by atoms with E-state index in [4.69, 9.17) is 11.6 Å². The fourth-order valence-electron chi connectivity index (χ4n) is 3.25. The number of benzene rings is 1. The summed E-state index contributed by atoms with van der Waals surface area (Å²) in [5.41, 5.74) is 2.09. The normalized spacial score (nSPS) is 15.8. The van der Waals surface area contributed by atoms with Gasteiger partial charge in [-0.1, -0.05) is 31.5 Å². The molecule has 3 amide bonds. The van der Waals surface area contributed by atoms with Crippen molar-refractivity contribution in [3.63, 3.8) is 0 Å². The molecule has 0 saturated carbocycles. The summed E-state index contributed by atoms with van der Waals surface area (Å²) in [6.45, 7) is 8.35. The maximum absolute atomic E-state index is 13.4. The third kappa shape index (κ3) is 4.42. The highest BCUT2D eigenvalue weighted by molar-refractivity contribution is 6.31. The van der Waals surface area contributed by atoms with Gasteiger partial charge in [0.25, 0.3) is 0 Å². The molecule has 3 rings (SSSR count). The SMILES string of the molecule is CN[C@@H](C)C(=O)Nc1ccc2c(n1)CN(C(C)C(C)C)C(=O)N2c1cccc(Cl)c1. The molecule has 2 heterocycles. The molecular formula is C22H28ClN5O2. The second-order valence-electron chi connectivity index (χ2n) is 7.87. The summed E-state index contributed by atoms with van der Waals surface area (Å²) in [6, 6.07) is 10.3. The van der Waals surface area contributed by atoms with Gasteiger partial charge in [0.05, 0.1) is 29.7 Å². The van der Waals surface area contributed by atoms with Gasteiger partial charge < -0.3 is 15.5 Å². The van der Waals surface area contributed by atoms with Gasteiger partial charge in [0.1, 0.15) is 5.82 Å². The first-order valence-electron chi connectivity index (χ1n) is 10.1. The molecular weight excluding hydrogens is 402 g/mol. The molecule has 0 saturated heterocycles. The van der Waals surface area contributed by atoms with Crippen LogP contribution in [0.4, 0.5) is 22.0 Å². The summed E-state index contributed by atoms with van der Waals surface area (Å²) in [4.78, 5) is 33.8. The van der Waals surface area contributed by atoms with E-state index in [-0.39, 0.29) is 29.9 Å². The van der Waals surface area contributed by atoms with Crippen molar-refractivity contribution >= 4 is 40.7 Å². The van der Waals surface area contributed by atoms with E-state index in [1.807, 2.05) is 30.0 Å². The van der Waals surface area contributed by atoms with Gasteiger partial charge in [-0.05, 0) is 57.1 Å². The summed E-state index contributed by atoms with van der Waals surface area (Å²) >= 11 is 6.19. The monoisotopic (exact) mass is 429 g/mol. The number of carbonyl (C=O) groups excluding carboxylic acids is 2. The zero-order chi connectivity index (χ0) is 22.0. The number of nitrogens with zero attached hydrogens (tertiary/aromatic N) is 3. The molecule has 1 aromatic carbocycles. The van der Waals surface area contributed by atoms with Gasteiger partial charge >= 0.3 is 6.03 Å². The number of nitrogens with one attached hydrogen (secondary N) is 2. The van der Waals surface area contributed by atoms with Crippen molar-refractivity contribution in [3.05, 3.63) is 47.1 Å². The van der Waals surface area contributed by atoms with E-state index in [0.29, 0.717) is 28.8 Å². The van der Waals surface area contributed by atoms with Crippen LogP contribution >= 0.6 is 11.6 Å². The van der Waals surface area contributed by atoms with Crippen LogP contribution in [0.5, 0.6) is 0 Å². The largest absolute Gasteiger partial charge is 0.329 e. The molecule has 1 aliphatic rings. The minimum Gasteiger partial charge on any atom is -0.315 e. The standard InChI is InChI=1S/C22H28ClN5O2/c1-13(2)15(4)27-12-18-19(9-10-20(25-18)26-21(29)14(3)24-5)28(22(27)30)17-8-6-7-16(23)11-17/h6-11,13-15,24H,12H2,1-5H3,(H,25,26,29)/t14-,15?/m0/s1. The lowest BCUT2D eigenvalue weighted by molar-refractivity contribution is -0.117. The Morgan fingerprint density at radius 2 is 1.90 bits per heavy atom. The Hall–Kier alpha value is -2.64. The van der Waals surface area contributed by atoms with Crippen LogP contribution in [0.15, 0.2) is 36.4 Å². The van der Waals surface area contributed by atoms with Crippen molar-refractivity contribution in [3.8, 4) is 0 Å². The lowest BCUT2D eigenvalue weighted by Crippen LogP contribution is -2.50. The topological polar surface area (TPSA) is 77.6 Å². The molecule has 0 aliphatic carbocycles. The average Bonchev–Trinajstić information content (AvgIpc) is 2.72. The minimum absolute atomic E-state index is 0.0108. The molecule has 1 unspecified atom stereocenters. The zero-order valence-electron chi connectivity index (χ0n) is 17.9. The Morgan fingerprint density at radius 3 is 2.53 bits per heavy atom. The molecule has 0 radical (unpaired) electrons. The Morgan fingerprint density at radius 1 is 1.17 bits per heavy atom. The number of urea groups is 1. The summed E-state index contributed by atoms with van der Waals surface area (Å²) in [6.07, 6.45) is 0. The molecule has 1 aliphatic heterocycles. The maximum Gasteiger partial charge on any atom is 0.329 e. The van der Waals surface area contributed by atoms with Gasteiger partial charge in [0.2, 0.25) is 5.91 Å². The second-order valence-corrected chi connectivity index (χ2v) is 8.31. The van der Waals surface area contributed by atoms with Gasteiger partial charge in [-0.15, -0.1) is 0 Å². The number of likely N-dealkylation sites (N-methyl/N-ethyl adjacent to an activating group) is 1. The van der Waals surface area contributed by atoms with Gasteiger partial charge in [-0.3, -0.25) is 9.69 Å². The van der Waals surface area contributed by atoms with Crippen molar-refractivity contribution in [1.82, 2.24) is 15.2 Å². The Kier molecular flexibility index (Phi) is 6.63. The quantitative estimate of drug-likeness (QED) is 0.713. The van der Waals surface area contributed by atoms with Crippen molar-refractivity contribution in [2.24, 2.45) is 5.92 Å². The van der Waals surface area contributed by atoms with E-state index in [2.05, 4.69) is 29.5 Å². The molecule has 160 valence electrons. The number of hydrogen-bond acceptors (Lipinski definition) is 4. The molecule has 2 atom stereocenters. The smallest absolute Gasteiger partial charge is 0.315 e. The summed E-state index contributed by atoms with van der Waals surface area (Å²) < 4.78 is 0. The Bertz CT molecular complexity index is 949. The van der Waals surface area contributed by atoms with E-state index in [9.17, 15) is 9.59 Å². The number of carbonyl (C=O) groups is 2. The summed E-state index contributed by atoms with van der Waals surface area (Å²) in [5.74, 6) is 0.561. The fourth-order valence-corrected chi connectivity index (χ4v) is 3.44. The van der Waals surface area contributed by atoms with E-state index < -0.39 is 0 Å². The predicted octanol–water partition coefficient (Wildman–Crippen LogP) is 4.40. The van der Waals surface area contributed by atoms with Crippen LogP contribution in [0.25, 0.3) is 0 Å². The number of aromatic nitrogens is 1. The van der Waals surface area contributed by atoms with Crippen LogP contribution in [-0.2, 0) is 11.3 Å². The van der Waals surface area contributed by atoms with Gasteiger partial charge in [-0.2, -0.15) is 0 Å². The average molecular weight is 430 g/mol. The van der Waals surface area contributed by atoms with Crippen molar-refractivity contribution in [2.75, 3.05) is 17.3 Å². The van der Waals surface area contributed by atoms with Crippen molar-refractivity contribution < 1.29 is 9.59 Å². The van der Waals surface area contributed by atoms with E-state index in [0.717, 1.165) is 5.69 Å². The van der Waals surface area contributed by atoms with Crippen LogP contribution in [0.3, 0.4) is 0 Å². The molecule has 2 aromatic rings. The van der Waals surface area contributed by atoms with Gasteiger partial charge in [-0.25, -0.2) is 9.78 Å². The molecule has 2 N–H and O–H groups in total. The number of rotatable bonds is 6. The molecule has 8 heteroatoms. The van der Waals surface area contributed by atoms with E-state index >= 15 is 0 Å². The van der Waals surface area contributed by atoms with Crippen LogP contribution in [0.1, 0.15) is 33.4 Å². The highest BCUT2D eigenvalue weighted by Crippen LogP contribution is 2.37. The number of pyridine rings is 1. The Labute approximate surface area is 182 Å². The second kappa shape index (κ2) is 9.02. The predicted molar refractivity (Wildman–Crippen MR) is 120 cm³/mol. The lowest BCUT2D eigenvalue weighted by atomic mass is 10.0. The summed E-state index contributed by atoms with van der Waals surface area (Å²) in [7, 11) is 1.73. The molecule has 1 aromatic heterocycles. The first-order chi connectivity index (χ1) is 14.2. The number of amides is 3.